The van der Waals surface area contributed by atoms with Crippen LogP contribution < -0.4 is 5.56 Å². The zero-order valence-corrected chi connectivity index (χ0v) is 17.6. The molecule has 31 heavy (non-hydrogen) atoms. The highest BCUT2D eigenvalue weighted by molar-refractivity contribution is 6.09. The van der Waals surface area contributed by atoms with E-state index in [0.29, 0.717) is 5.39 Å². The van der Waals surface area contributed by atoms with Crippen LogP contribution in [0.2, 0.25) is 0 Å². The minimum Gasteiger partial charge on any atom is -0.389 e. The lowest BCUT2D eigenvalue weighted by Gasteiger charge is -2.26. The second-order valence-corrected chi connectivity index (χ2v) is 8.26. The van der Waals surface area contributed by atoms with E-state index in [4.69, 9.17) is 4.74 Å². The van der Waals surface area contributed by atoms with Gasteiger partial charge in [0.15, 0.2) is 0 Å². The van der Waals surface area contributed by atoms with E-state index in [2.05, 4.69) is 46.3 Å². The predicted octanol–water partition coefficient (Wildman–Crippen LogP) is 4.23. The van der Waals surface area contributed by atoms with Gasteiger partial charge in [-0.1, -0.05) is 36.4 Å². The van der Waals surface area contributed by atoms with Gasteiger partial charge in [-0.25, -0.2) is 0 Å². The van der Waals surface area contributed by atoms with E-state index < -0.39 is 6.10 Å². The number of pyridine rings is 1. The van der Waals surface area contributed by atoms with Crippen molar-refractivity contribution in [1.82, 2.24) is 9.88 Å². The van der Waals surface area contributed by atoms with Crippen molar-refractivity contribution in [2.45, 2.75) is 19.6 Å². The van der Waals surface area contributed by atoms with Crippen LogP contribution in [-0.4, -0.2) is 41.3 Å². The van der Waals surface area contributed by atoms with Gasteiger partial charge in [-0.05, 0) is 63.5 Å². The van der Waals surface area contributed by atoms with Crippen LogP contribution in [0.15, 0.2) is 65.6 Å². The number of fused-ring (bicyclic) bond motifs is 3. The average Bonchev–Trinajstić information content (AvgIpc) is 2.79. The van der Waals surface area contributed by atoms with Crippen molar-refractivity contribution in [3.63, 3.8) is 0 Å². The molecule has 1 aromatic heterocycles. The SMILES string of the molecule is CC(O)c1cc2cc[nH]c(=O)c2c2cc(-c3ccc(CN4CCOCC4)cc3)ccc12. The van der Waals surface area contributed by atoms with Crippen molar-refractivity contribution in [1.29, 1.82) is 0 Å². The average molecular weight is 415 g/mol. The van der Waals surface area contributed by atoms with Gasteiger partial charge < -0.3 is 14.8 Å². The molecule has 0 radical (unpaired) electrons. The molecular weight excluding hydrogens is 388 g/mol. The first-order valence-corrected chi connectivity index (χ1v) is 10.8. The third kappa shape index (κ3) is 3.88. The van der Waals surface area contributed by atoms with Crippen molar-refractivity contribution < 1.29 is 9.84 Å². The molecule has 3 aromatic carbocycles. The number of aromatic amines is 1. The summed E-state index contributed by atoms with van der Waals surface area (Å²) in [5, 5.41) is 13.6. The fourth-order valence-electron chi connectivity index (χ4n) is 4.49. The fraction of sp³-hybridized carbons (Fsp3) is 0.269. The number of nitrogens with zero attached hydrogens (tertiary/aromatic N) is 1. The molecule has 1 atom stereocenters. The van der Waals surface area contributed by atoms with Crippen molar-refractivity contribution in [3.05, 3.63) is 82.3 Å². The molecular formula is C26H26N2O3. The highest BCUT2D eigenvalue weighted by Crippen LogP contribution is 2.33. The summed E-state index contributed by atoms with van der Waals surface area (Å²) < 4.78 is 5.43. The summed E-state index contributed by atoms with van der Waals surface area (Å²) in [5.74, 6) is 0. The number of benzene rings is 3. The second-order valence-electron chi connectivity index (χ2n) is 8.26. The standard InChI is InChI=1S/C26H26N2O3/c1-17(29)23-15-21-8-9-27-26(30)25(21)24-14-20(6-7-22(23)24)19-4-2-18(3-5-19)16-28-10-12-31-13-11-28/h2-9,14-15,17,29H,10-13,16H2,1H3,(H,27,30). The first-order chi connectivity index (χ1) is 15.1. The molecule has 5 rings (SSSR count). The minimum absolute atomic E-state index is 0.113. The summed E-state index contributed by atoms with van der Waals surface area (Å²) in [4.78, 5) is 17.8. The Hall–Kier alpha value is -2.99. The molecule has 0 aliphatic carbocycles. The Morgan fingerprint density at radius 1 is 1.00 bits per heavy atom. The number of nitrogens with one attached hydrogen (secondary N) is 1. The Bertz CT molecular complexity index is 1290. The molecule has 0 spiro atoms. The zero-order valence-electron chi connectivity index (χ0n) is 17.6. The van der Waals surface area contributed by atoms with Crippen LogP contribution >= 0.6 is 0 Å². The van der Waals surface area contributed by atoms with E-state index in [1.165, 1.54) is 5.56 Å². The van der Waals surface area contributed by atoms with E-state index >= 15 is 0 Å². The number of morpholine rings is 1. The lowest BCUT2D eigenvalue weighted by Crippen LogP contribution is -2.35. The highest BCUT2D eigenvalue weighted by Gasteiger charge is 2.14. The Kier molecular flexibility index (Phi) is 5.32. The Balaban J connectivity index is 1.56. The maximum Gasteiger partial charge on any atom is 0.256 e. The summed E-state index contributed by atoms with van der Waals surface area (Å²) in [6.07, 6.45) is 1.04. The molecule has 1 fully saturated rings. The van der Waals surface area contributed by atoms with E-state index in [-0.39, 0.29) is 5.56 Å². The number of hydrogen-bond donors (Lipinski definition) is 2. The third-order valence-corrected chi connectivity index (χ3v) is 6.15. The van der Waals surface area contributed by atoms with Crippen LogP contribution in [0, 0.1) is 0 Å². The third-order valence-electron chi connectivity index (χ3n) is 6.15. The van der Waals surface area contributed by atoms with Crippen LogP contribution in [-0.2, 0) is 11.3 Å². The predicted molar refractivity (Wildman–Crippen MR) is 124 cm³/mol. The topological polar surface area (TPSA) is 65.6 Å². The van der Waals surface area contributed by atoms with E-state index in [9.17, 15) is 9.90 Å². The molecule has 2 heterocycles. The van der Waals surface area contributed by atoms with Crippen LogP contribution in [0.4, 0.5) is 0 Å². The van der Waals surface area contributed by atoms with E-state index in [1.807, 2.05) is 18.2 Å². The largest absolute Gasteiger partial charge is 0.389 e. The number of ether oxygens (including phenoxy) is 1. The summed E-state index contributed by atoms with van der Waals surface area (Å²) in [5.41, 5.74) is 4.16. The molecule has 4 aromatic rings. The molecule has 0 bridgehead atoms. The molecule has 2 N–H and O–H groups in total. The number of H-pyrrole nitrogens is 1. The van der Waals surface area contributed by atoms with Crippen molar-refractivity contribution in [2.24, 2.45) is 0 Å². The highest BCUT2D eigenvalue weighted by atomic mass is 16.5. The maximum atomic E-state index is 12.6. The van der Waals surface area contributed by atoms with Crippen LogP contribution in [0.5, 0.6) is 0 Å². The molecule has 5 heteroatoms. The van der Waals surface area contributed by atoms with Gasteiger partial charge >= 0.3 is 0 Å². The monoisotopic (exact) mass is 414 g/mol. The van der Waals surface area contributed by atoms with Crippen LogP contribution in [0.3, 0.4) is 0 Å². The zero-order chi connectivity index (χ0) is 21.4. The molecule has 1 aliphatic rings. The molecule has 158 valence electrons. The second kappa shape index (κ2) is 8.27. The Morgan fingerprint density at radius 2 is 1.74 bits per heavy atom. The molecule has 1 unspecified atom stereocenters. The van der Waals surface area contributed by atoms with Gasteiger partial charge in [0.2, 0.25) is 0 Å². The molecule has 5 nitrogen and oxygen atoms in total. The van der Waals surface area contributed by atoms with Gasteiger partial charge in [-0.15, -0.1) is 0 Å². The normalized spacial score (nSPS) is 16.1. The van der Waals surface area contributed by atoms with E-state index in [1.54, 1.807) is 13.1 Å². The van der Waals surface area contributed by atoms with Crippen molar-refractivity contribution in [3.8, 4) is 11.1 Å². The van der Waals surface area contributed by atoms with Crippen molar-refractivity contribution in [2.75, 3.05) is 26.3 Å². The van der Waals surface area contributed by atoms with Crippen LogP contribution in [0.1, 0.15) is 24.2 Å². The Morgan fingerprint density at radius 3 is 2.48 bits per heavy atom. The number of aliphatic hydroxyl groups excluding tert-OH is 1. The van der Waals surface area contributed by atoms with Gasteiger partial charge in [0.25, 0.3) is 5.56 Å². The lowest BCUT2D eigenvalue weighted by molar-refractivity contribution is 0.0342. The summed E-state index contributed by atoms with van der Waals surface area (Å²) in [6, 6.07) is 18.6. The Labute approximate surface area is 180 Å². The first kappa shape index (κ1) is 19.9. The van der Waals surface area contributed by atoms with Gasteiger partial charge in [0.1, 0.15) is 0 Å². The van der Waals surface area contributed by atoms with Crippen molar-refractivity contribution >= 4 is 21.5 Å². The van der Waals surface area contributed by atoms with Gasteiger partial charge in [0, 0.05) is 25.8 Å². The number of rotatable bonds is 4. The number of hydrogen-bond acceptors (Lipinski definition) is 4. The molecule has 1 aliphatic heterocycles. The lowest BCUT2D eigenvalue weighted by atomic mass is 9.93. The van der Waals surface area contributed by atoms with Gasteiger partial charge in [0.05, 0.1) is 24.7 Å². The maximum absolute atomic E-state index is 12.6. The fourth-order valence-corrected chi connectivity index (χ4v) is 4.49. The van der Waals surface area contributed by atoms with E-state index in [0.717, 1.165) is 65.7 Å². The smallest absolute Gasteiger partial charge is 0.256 e. The van der Waals surface area contributed by atoms with Gasteiger partial charge in [-0.2, -0.15) is 0 Å². The number of aliphatic hydroxyl groups is 1. The minimum atomic E-state index is -0.614. The molecule has 1 saturated heterocycles. The summed E-state index contributed by atoms with van der Waals surface area (Å²) in [7, 11) is 0. The summed E-state index contributed by atoms with van der Waals surface area (Å²) in [6.45, 7) is 6.24. The van der Waals surface area contributed by atoms with Crippen LogP contribution in [0.25, 0.3) is 32.7 Å². The first-order valence-electron chi connectivity index (χ1n) is 10.8. The summed E-state index contributed by atoms with van der Waals surface area (Å²) >= 11 is 0. The van der Waals surface area contributed by atoms with Gasteiger partial charge in [-0.3, -0.25) is 9.69 Å². The molecule has 0 amide bonds. The number of aromatic nitrogens is 1. The quantitative estimate of drug-likeness (QED) is 0.491. The molecule has 0 saturated carbocycles.